The van der Waals surface area contributed by atoms with Crippen molar-refractivity contribution in [3.63, 3.8) is 0 Å². The predicted molar refractivity (Wildman–Crippen MR) is 163 cm³/mol. The summed E-state index contributed by atoms with van der Waals surface area (Å²) in [5.41, 5.74) is -0.610. The van der Waals surface area contributed by atoms with Crippen molar-refractivity contribution in [1.29, 1.82) is 0 Å². The number of phenolic OH excluding ortho intramolecular Hbond substituents is 1. The molecule has 1 aliphatic carbocycles. The summed E-state index contributed by atoms with van der Waals surface area (Å²) in [6.45, 7) is 2.51. The van der Waals surface area contributed by atoms with Crippen molar-refractivity contribution in [1.82, 2.24) is 19.9 Å². The summed E-state index contributed by atoms with van der Waals surface area (Å²) in [6.07, 6.45) is 9.53. The first-order valence-electron chi connectivity index (χ1n) is 15.5. The van der Waals surface area contributed by atoms with E-state index >= 15 is 4.39 Å². The summed E-state index contributed by atoms with van der Waals surface area (Å²) in [5, 5.41) is 22.1. The van der Waals surface area contributed by atoms with Crippen molar-refractivity contribution < 1.29 is 28.1 Å². The molecule has 0 radical (unpaired) electrons. The van der Waals surface area contributed by atoms with E-state index in [-0.39, 0.29) is 57.9 Å². The van der Waals surface area contributed by atoms with Crippen LogP contribution in [0.4, 0.5) is 19.0 Å². The van der Waals surface area contributed by atoms with E-state index in [4.69, 9.17) is 16.1 Å². The van der Waals surface area contributed by atoms with Gasteiger partial charge in [-0.05, 0) is 61.7 Å². The van der Waals surface area contributed by atoms with Gasteiger partial charge in [0.25, 0.3) is 0 Å². The van der Waals surface area contributed by atoms with Gasteiger partial charge >= 0.3 is 6.01 Å². The Kier molecular flexibility index (Phi) is 6.59. The summed E-state index contributed by atoms with van der Waals surface area (Å²) in [5.74, 6) is 1.53. The number of nitrogens with zero attached hydrogens (tertiary/aromatic N) is 5. The van der Waals surface area contributed by atoms with E-state index in [1.807, 2.05) is 4.90 Å². The Morgan fingerprint density at radius 1 is 1.13 bits per heavy atom. The van der Waals surface area contributed by atoms with E-state index in [2.05, 4.69) is 20.8 Å². The van der Waals surface area contributed by atoms with Crippen LogP contribution in [0.1, 0.15) is 37.7 Å². The highest BCUT2D eigenvalue weighted by molar-refractivity contribution is 6.03. The average Bonchev–Trinajstić information content (AvgIpc) is 3.63. The third-order valence-corrected chi connectivity index (χ3v) is 10.3. The molecule has 11 heteroatoms. The number of pyridine rings is 1. The molecule has 4 aliphatic rings. The highest BCUT2D eigenvalue weighted by Gasteiger charge is 2.49. The Bertz CT molecular complexity index is 1900. The molecule has 0 spiro atoms. The molecule has 2 N–H and O–H groups in total. The van der Waals surface area contributed by atoms with Crippen molar-refractivity contribution in [2.24, 2.45) is 11.8 Å². The quantitative estimate of drug-likeness (QED) is 0.304. The largest absolute Gasteiger partial charge is 0.508 e. The van der Waals surface area contributed by atoms with E-state index in [0.29, 0.717) is 49.1 Å². The van der Waals surface area contributed by atoms with Crippen LogP contribution >= 0.6 is 0 Å². The number of rotatable bonds is 5. The number of ether oxygens (including phenoxy) is 1. The predicted octanol–water partition coefficient (Wildman–Crippen LogP) is 4.97. The summed E-state index contributed by atoms with van der Waals surface area (Å²) < 4.78 is 52.2. The molecule has 45 heavy (non-hydrogen) atoms. The Morgan fingerprint density at radius 2 is 2.00 bits per heavy atom. The molecular weight excluding hydrogens is 583 g/mol. The molecule has 2 bridgehead atoms. The number of aliphatic hydroxyl groups is 1. The van der Waals surface area contributed by atoms with Gasteiger partial charge in [0.2, 0.25) is 0 Å². The second-order valence-corrected chi connectivity index (χ2v) is 13.1. The molecule has 0 amide bonds. The number of hydrogen-bond donors (Lipinski definition) is 2. The van der Waals surface area contributed by atoms with Gasteiger partial charge in [-0.3, -0.25) is 9.88 Å². The number of halogens is 3. The number of benzene rings is 2. The topological polar surface area (TPSA) is 94.8 Å². The molecule has 5 heterocycles. The highest BCUT2D eigenvalue weighted by Crippen LogP contribution is 2.43. The first-order valence-corrected chi connectivity index (χ1v) is 15.5. The van der Waals surface area contributed by atoms with Crippen molar-refractivity contribution >= 4 is 27.5 Å². The molecule has 2 aromatic carbocycles. The number of aromatic nitrogens is 3. The van der Waals surface area contributed by atoms with Gasteiger partial charge in [-0.2, -0.15) is 9.97 Å². The lowest BCUT2D eigenvalue weighted by Crippen LogP contribution is -2.43. The SMILES string of the molecule is C#Cc1c(F)ccc2cc(O)cc(-c3ncc4c(N5CC6CC(O)C(C6)C5)nc(OC[C@@]56CCCN5C[C@H](F)C6)nc4c3F)c12. The lowest BCUT2D eigenvalue weighted by atomic mass is 9.95. The second kappa shape index (κ2) is 10.5. The number of terminal acetylenes is 1. The zero-order valence-corrected chi connectivity index (χ0v) is 24.5. The number of phenols is 1. The maximum Gasteiger partial charge on any atom is 0.319 e. The maximum atomic E-state index is 16.8. The molecule has 2 aromatic heterocycles. The van der Waals surface area contributed by atoms with Gasteiger partial charge < -0.3 is 19.8 Å². The van der Waals surface area contributed by atoms with Crippen LogP contribution < -0.4 is 9.64 Å². The number of aliphatic hydroxyl groups excluding tert-OH is 1. The zero-order valence-electron chi connectivity index (χ0n) is 24.5. The van der Waals surface area contributed by atoms with Crippen LogP contribution in [0.25, 0.3) is 32.9 Å². The van der Waals surface area contributed by atoms with Gasteiger partial charge in [-0.25, -0.2) is 13.2 Å². The average molecular weight is 616 g/mol. The van der Waals surface area contributed by atoms with Gasteiger partial charge in [0.05, 0.1) is 22.6 Å². The number of hydrogen-bond acceptors (Lipinski definition) is 8. The normalized spacial score (nSPS) is 27.8. The Morgan fingerprint density at radius 3 is 2.82 bits per heavy atom. The smallest absolute Gasteiger partial charge is 0.319 e. The second-order valence-electron chi connectivity index (χ2n) is 13.1. The summed E-state index contributed by atoms with van der Waals surface area (Å²) in [7, 11) is 0. The lowest BCUT2D eigenvalue weighted by molar-refractivity contribution is 0.107. The minimum Gasteiger partial charge on any atom is -0.508 e. The summed E-state index contributed by atoms with van der Waals surface area (Å²) >= 11 is 0. The summed E-state index contributed by atoms with van der Waals surface area (Å²) in [6, 6.07) is 5.38. The van der Waals surface area contributed by atoms with Crippen molar-refractivity contribution in [3.05, 3.63) is 47.7 Å². The third-order valence-electron chi connectivity index (χ3n) is 10.3. The van der Waals surface area contributed by atoms with E-state index in [1.165, 1.54) is 30.5 Å². The molecule has 1 saturated carbocycles. The van der Waals surface area contributed by atoms with Crippen LogP contribution in [0.2, 0.25) is 0 Å². The molecule has 8 rings (SSSR count). The standard InChI is InChI=1S/C34H32F3N5O3/c1-2-23-26(36)5-4-19-10-22(43)11-24(28(19)23)30-29(37)31-25(13-38-30)32(41-14-18-8-20(15-41)27(44)9-18)40-33(39-31)45-17-34-6-3-7-42(34)16-21(35)12-34/h1,4-5,10-11,13,18,20-21,27,43-44H,3,6-9,12,14-17H2/t18?,20?,21-,27?,34+/m1/s1. The van der Waals surface area contributed by atoms with Crippen LogP contribution in [0.5, 0.6) is 11.8 Å². The Labute approximate surface area is 257 Å². The maximum absolute atomic E-state index is 16.8. The number of aromatic hydroxyl groups is 1. The third kappa shape index (κ3) is 4.57. The fourth-order valence-corrected chi connectivity index (χ4v) is 8.32. The van der Waals surface area contributed by atoms with E-state index in [1.54, 1.807) is 0 Å². The minimum absolute atomic E-state index is 0.0355. The van der Waals surface area contributed by atoms with Gasteiger partial charge in [0.1, 0.15) is 41.4 Å². The van der Waals surface area contributed by atoms with Crippen LogP contribution in [0, 0.1) is 35.8 Å². The number of anilines is 1. The number of piperidine rings is 1. The first-order chi connectivity index (χ1) is 21.7. The monoisotopic (exact) mass is 615 g/mol. The lowest BCUT2D eigenvalue weighted by Gasteiger charge is -2.34. The van der Waals surface area contributed by atoms with Gasteiger partial charge in [-0.1, -0.05) is 12.0 Å². The van der Waals surface area contributed by atoms with Gasteiger partial charge in [-0.15, -0.1) is 6.42 Å². The van der Waals surface area contributed by atoms with Crippen LogP contribution in [-0.4, -0.2) is 80.7 Å². The van der Waals surface area contributed by atoms with Crippen molar-refractivity contribution in [3.8, 4) is 35.4 Å². The molecule has 3 unspecified atom stereocenters. The molecule has 232 valence electrons. The van der Waals surface area contributed by atoms with E-state index in [0.717, 1.165) is 25.8 Å². The van der Waals surface area contributed by atoms with Crippen LogP contribution in [-0.2, 0) is 0 Å². The van der Waals surface area contributed by atoms with E-state index in [9.17, 15) is 19.0 Å². The fourth-order valence-electron chi connectivity index (χ4n) is 8.32. The first kappa shape index (κ1) is 28.3. The zero-order chi connectivity index (χ0) is 31.0. The van der Waals surface area contributed by atoms with E-state index < -0.39 is 29.4 Å². The molecule has 3 aliphatic heterocycles. The number of alkyl halides is 1. The molecule has 4 aromatic rings. The van der Waals surface area contributed by atoms with Crippen molar-refractivity contribution in [2.75, 3.05) is 37.7 Å². The van der Waals surface area contributed by atoms with Gasteiger partial charge in [0, 0.05) is 49.1 Å². The molecule has 8 nitrogen and oxygen atoms in total. The van der Waals surface area contributed by atoms with Crippen LogP contribution in [0.15, 0.2) is 30.5 Å². The van der Waals surface area contributed by atoms with Gasteiger partial charge in [0.15, 0.2) is 5.82 Å². The molecule has 5 atom stereocenters. The summed E-state index contributed by atoms with van der Waals surface area (Å²) in [4.78, 5) is 17.9. The molecule has 4 fully saturated rings. The highest BCUT2D eigenvalue weighted by atomic mass is 19.1. The minimum atomic E-state index is -0.932. The van der Waals surface area contributed by atoms with Crippen LogP contribution in [0.3, 0.4) is 0 Å². The Hall–Kier alpha value is -4.14. The molecule has 3 saturated heterocycles. The Balaban J connectivity index is 1.27. The van der Waals surface area contributed by atoms with Crippen molar-refractivity contribution in [2.45, 2.75) is 49.9 Å². The fraction of sp³-hybridized carbons (Fsp3) is 0.441. The molecular formula is C34H32F3N5O3. The number of fused-ring (bicyclic) bond motifs is 5.